The van der Waals surface area contributed by atoms with Gasteiger partial charge in [-0.05, 0) is 17.4 Å². The zero-order valence-electron chi connectivity index (χ0n) is 12.0. The highest BCUT2D eigenvalue weighted by Gasteiger charge is 2.41. The molecule has 0 bridgehead atoms. The minimum Gasteiger partial charge on any atom is -0.328 e. The van der Waals surface area contributed by atoms with E-state index >= 15 is 0 Å². The lowest BCUT2D eigenvalue weighted by molar-refractivity contribution is -0.129. The lowest BCUT2D eigenvalue weighted by Crippen LogP contribution is -2.45. The molecule has 2 rings (SSSR count). The standard InChI is InChI=1S/C15H22N2O.ClH/c1-15(2,3)14-16-12(13(18)17(14)4)10-11-8-6-5-7-9-11;/h5-9,12,14,16H,10H2,1-4H3;1H. The van der Waals surface area contributed by atoms with Gasteiger partial charge in [0.25, 0.3) is 0 Å². The highest BCUT2D eigenvalue weighted by molar-refractivity contribution is 5.85. The molecular formula is C15H23ClN2O. The molecular weight excluding hydrogens is 260 g/mol. The number of halogens is 1. The third-order valence-corrected chi connectivity index (χ3v) is 3.50. The molecule has 1 N–H and O–H groups in total. The van der Waals surface area contributed by atoms with Gasteiger partial charge < -0.3 is 4.90 Å². The fourth-order valence-electron chi connectivity index (χ4n) is 2.57. The predicted octanol–water partition coefficient (Wildman–Crippen LogP) is 2.45. The van der Waals surface area contributed by atoms with Crippen LogP contribution < -0.4 is 5.32 Å². The summed E-state index contributed by atoms with van der Waals surface area (Å²) in [6.07, 6.45) is 0.870. The summed E-state index contributed by atoms with van der Waals surface area (Å²) in [5.74, 6) is 0.193. The molecule has 0 aliphatic carbocycles. The van der Waals surface area contributed by atoms with Gasteiger partial charge in [0.15, 0.2) is 0 Å². The molecule has 0 saturated carbocycles. The number of nitrogens with zero attached hydrogens (tertiary/aromatic N) is 1. The van der Waals surface area contributed by atoms with E-state index in [-0.39, 0.29) is 35.9 Å². The van der Waals surface area contributed by atoms with Crippen LogP contribution >= 0.6 is 12.4 Å². The minimum atomic E-state index is -0.0957. The highest BCUT2D eigenvalue weighted by Crippen LogP contribution is 2.27. The Bertz CT molecular complexity index is 428. The Balaban J connectivity index is 0.00000180. The number of amides is 1. The van der Waals surface area contributed by atoms with Gasteiger partial charge in [-0.25, -0.2) is 0 Å². The van der Waals surface area contributed by atoms with Crippen LogP contribution in [-0.4, -0.2) is 30.1 Å². The van der Waals surface area contributed by atoms with Crippen LogP contribution in [0.4, 0.5) is 0 Å². The maximum Gasteiger partial charge on any atom is 0.241 e. The van der Waals surface area contributed by atoms with Gasteiger partial charge in [0, 0.05) is 7.05 Å². The lowest BCUT2D eigenvalue weighted by atomic mass is 9.92. The number of hydrogen-bond donors (Lipinski definition) is 1. The van der Waals surface area contributed by atoms with Crippen molar-refractivity contribution in [1.82, 2.24) is 10.2 Å². The van der Waals surface area contributed by atoms with Crippen molar-refractivity contribution in [1.29, 1.82) is 0 Å². The second-order valence-corrected chi connectivity index (χ2v) is 6.13. The summed E-state index contributed by atoms with van der Waals surface area (Å²) in [7, 11) is 1.89. The summed E-state index contributed by atoms with van der Waals surface area (Å²) in [6, 6.07) is 10.1. The number of rotatable bonds is 2. The molecule has 0 spiro atoms. The average Bonchev–Trinajstić information content (AvgIpc) is 2.58. The highest BCUT2D eigenvalue weighted by atomic mass is 35.5. The van der Waals surface area contributed by atoms with Crippen LogP contribution in [0.15, 0.2) is 30.3 Å². The molecule has 1 aromatic carbocycles. The Hall–Kier alpha value is -1.06. The van der Waals surface area contributed by atoms with Gasteiger partial charge in [0.2, 0.25) is 5.91 Å². The molecule has 2 unspecified atom stereocenters. The monoisotopic (exact) mass is 282 g/mol. The van der Waals surface area contributed by atoms with Crippen LogP contribution in [0.2, 0.25) is 0 Å². The largest absolute Gasteiger partial charge is 0.328 e. The van der Waals surface area contributed by atoms with Crippen LogP contribution in [0.25, 0.3) is 0 Å². The van der Waals surface area contributed by atoms with Crippen molar-refractivity contribution in [3.8, 4) is 0 Å². The molecule has 1 aromatic rings. The van der Waals surface area contributed by atoms with Crippen LogP contribution in [-0.2, 0) is 11.2 Å². The first-order chi connectivity index (χ1) is 8.39. The summed E-state index contributed by atoms with van der Waals surface area (Å²) >= 11 is 0. The fourth-order valence-corrected chi connectivity index (χ4v) is 2.57. The van der Waals surface area contributed by atoms with E-state index < -0.39 is 0 Å². The van der Waals surface area contributed by atoms with Crippen LogP contribution in [0, 0.1) is 5.41 Å². The van der Waals surface area contributed by atoms with Crippen molar-refractivity contribution >= 4 is 18.3 Å². The van der Waals surface area contributed by atoms with Crippen LogP contribution in [0.3, 0.4) is 0 Å². The normalized spacial score (nSPS) is 23.4. The quantitative estimate of drug-likeness (QED) is 0.904. The molecule has 106 valence electrons. The Morgan fingerprint density at radius 2 is 1.79 bits per heavy atom. The Labute approximate surface area is 121 Å². The van der Waals surface area contributed by atoms with E-state index in [0.29, 0.717) is 0 Å². The van der Waals surface area contributed by atoms with Crippen molar-refractivity contribution < 1.29 is 4.79 Å². The second kappa shape index (κ2) is 5.93. The molecule has 4 heteroatoms. The zero-order chi connectivity index (χ0) is 13.3. The molecule has 0 radical (unpaired) electrons. The van der Waals surface area contributed by atoms with Crippen molar-refractivity contribution in [3.05, 3.63) is 35.9 Å². The van der Waals surface area contributed by atoms with Gasteiger partial charge in [0.1, 0.15) is 0 Å². The summed E-state index contributed by atoms with van der Waals surface area (Å²) in [5, 5.41) is 3.46. The van der Waals surface area contributed by atoms with Crippen molar-refractivity contribution in [2.24, 2.45) is 5.41 Å². The van der Waals surface area contributed by atoms with E-state index in [4.69, 9.17) is 0 Å². The summed E-state index contributed by atoms with van der Waals surface area (Å²) in [4.78, 5) is 14.1. The number of carbonyl (C=O) groups excluding carboxylic acids is 1. The van der Waals surface area contributed by atoms with E-state index in [1.165, 1.54) is 5.56 Å². The van der Waals surface area contributed by atoms with Crippen molar-refractivity contribution in [2.45, 2.75) is 39.4 Å². The van der Waals surface area contributed by atoms with Crippen LogP contribution in [0.1, 0.15) is 26.3 Å². The minimum absolute atomic E-state index is 0. The molecule has 1 amide bonds. The molecule has 1 heterocycles. The first kappa shape index (κ1) is 16.0. The number of hydrogen-bond acceptors (Lipinski definition) is 2. The Morgan fingerprint density at radius 1 is 1.21 bits per heavy atom. The maximum atomic E-state index is 12.2. The van der Waals surface area contributed by atoms with E-state index in [9.17, 15) is 4.79 Å². The second-order valence-electron chi connectivity index (χ2n) is 6.13. The lowest BCUT2D eigenvalue weighted by Gasteiger charge is -2.32. The van der Waals surface area contributed by atoms with E-state index in [1.54, 1.807) is 0 Å². The van der Waals surface area contributed by atoms with Crippen LogP contribution in [0.5, 0.6) is 0 Å². The van der Waals surface area contributed by atoms with E-state index in [2.05, 4.69) is 38.2 Å². The van der Waals surface area contributed by atoms with Gasteiger partial charge in [-0.2, -0.15) is 0 Å². The predicted molar refractivity (Wildman–Crippen MR) is 80.3 cm³/mol. The molecule has 19 heavy (non-hydrogen) atoms. The SMILES string of the molecule is CN1C(=O)C(Cc2ccccc2)NC1C(C)(C)C.Cl. The van der Waals surface area contributed by atoms with Gasteiger partial charge >= 0.3 is 0 Å². The zero-order valence-corrected chi connectivity index (χ0v) is 12.8. The summed E-state index contributed by atoms with van der Waals surface area (Å²) in [6.45, 7) is 6.46. The summed E-state index contributed by atoms with van der Waals surface area (Å²) < 4.78 is 0. The number of likely N-dealkylation sites (N-methyl/N-ethyl adjacent to an activating group) is 1. The molecule has 1 aliphatic heterocycles. The molecule has 0 aromatic heterocycles. The first-order valence-electron chi connectivity index (χ1n) is 6.46. The van der Waals surface area contributed by atoms with Crippen molar-refractivity contribution in [3.63, 3.8) is 0 Å². The smallest absolute Gasteiger partial charge is 0.241 e. The fraction of sp³-hybridized carbons (Fsp3) is 0.533. The average molecular weight is 283 g/mol. The van der Waals surface area contributed by atoms with Gasteiger partial charge in [-0.15, -0.1) is 12.4 Å². The topological polar surface area (TPSA) is 32.3 Å². The van der Waals surface area contributed by atoms with Crippen molar-refractivity contribution in [2.75, 3.05) is 7.05 Å². The number of nitrogens with one attached hydrogen (secondary N) is 1. The number of carbonyl (C=O) groups is 1. The van der Waals surface area contributed by atoms with E-state index in [0.717, 1.165) is 6.42 Å². The van der Waals surface area contributed by atoms with Gasteiger partial charge in [0.05, 0.1) is 12.2 Å². The van der Waals surface area contributed by atoms with E-state index in [1.807, 2.05) is 30.1 Å². The Morgan fingerprint density at radius 3 is 2.26 bits per heavy atom. The van der Waals surface area contributed by atoms with Gasteiger partial charge in [-0.3, -0.25) is 10.1 Å². The third-order valence-electron chi connectivity index (χ3n) is 3.50. The molecule has 3 nitrogen and oxygen atoms in total. The molecule has 1 saturated heterocycles. The maximum absolute atomic E-state index is 12.2. The van der Waals surface area contributed by atoms with Gasteiger partial charge in [-0.1, -0.05) is 51.1 Å². The third kappa shape index (κ3) is 3.48. The first-order valence-corrected chi connectivity index (χ1v) is 6.46. The molecule has 1 fully saturated rings. The molecule has 2 atom stereocenters. The Kier molecular flexibility index (Phi) is 4.99. The number of benzene rings is 1. The summed E-state index contributed by atoms with van der Waals surface area (Å²) in [5.41, 5.74) is 1.25. The molecule has 1 aliphatic rings.